The van der Waals surface area contributed by atoms with E-state index in [9.17, 15) is 4.79 Å². The van der Waals surface area contributed by atoms with Gasteiger partial charge in [0.1, 0.15) is 12.2 Å². The van der Waals surface area contributed by atoms with Crippen LogP contribution in [0.2, 0.25) is 0 Å². The van der Waals surface area contributed by atoms with Crippen LogP contribution in [0, 0.1) is 0 Å². The lowest BCUT2D eigenvalue weighted by molar-refractivity contribution is 0.0691. The smallest absolute Gasteiger partial charge is 0.339 e. The Morgan fingerprint density at radius 1 is 1.53 bits per heavy atom. The summed E-state index contributed by atoms with van der Waals surface area (Å²) in [6.07, 6.45) is 3.65. The second-order valence-corrected chi connectivity index (χ2v) is 3.78. The second kappa shape index (κ2) is 5.89. The second-order valence-electron chi connectivity index (χ2n) is 3.78. The van der Waals surface area contributed by atoms with Gasteiger partial charge in [-0.05, 0) is 22.9 Å². The van der Waals surface area contributed by atoms with Crippen LogP contribution in [0.3, 0.4) is 0 Å². The van der Waals surface area contributed by atoms with Crippen LogP contribution in [0.25, 0.3) is 0 Å². The third-order valence-electron chi connectivity index (χ3n) is 2.41. The summed E-state index contributed by atoms with van der Waals surface area (Å²) in [6, 6.07) is 1.38. The summed E-state index contributed by atoms with van der Waals surface area (Å²) < 4.78 is 7.04. The van der Waals surface area contributed by atoms with Crippen molar-refractivity contribution in [1.82, 2.24) is 25.2 Å². The van der Waals surface area contributed by atoms with Crippen LogP contribution in [-0.4, -0.2) is 36.3 Å². The molecular formula is C11H13N5O3. The van der Waals surface area contributed by atoms with Gasteiger partial charge in [-0.25, -0.2) is 9.48 Å². The van der Waals surface area contributed by atoms with Crippen molar-refractivity contribution in [2.75, 3.05) is 0 Å². The Hall–Kier alpha value is -2.51. The van der Waals surface area contributed by atoms with Gasteiger partial charge in [-0.1, -0.05) is 6.92 Å². The zero-order valence-electron chi connectivity index (χ0n) is 10.4. The molecule has 2 heterocycles. The number of carboxylic acids is 1. The monoisotopic (exact) mass is 263 g/mol. The molecule has 0 atom stereocenters. The van der Waals surface area contributed by atoms with E-state index in [1.54, 1.807) is 4.68 Å². The number of aryl methyl sites for hydroxylation is 1. The summed E-state index contributed by atoms with van der Waals surface area (Å²) in [5.41, 5.74) is 0.0597. The van der Waals surface area contributed by atoms with E-state index in [0.29, 0.717) is 12.4 Å². The molecule has 0 fully saturated rings. The van der Waals surface area contributed by atoms with E-state index >= 15 is 0 Å². The first-order valence-electron chi connectivity index (χ1n) is 5.77. The minimum Gasteiger partial charge on any atom is -0.483 e. The molecule has 0 aromatic carbocycles. The van der Waals surface area contributed by atoms with Crippen molar-refractivity contribution < 1.29 is 14.6 Å². The van der Waals surface area contributed by atoms with Gasteiger partial charge in [-0.15, -0.1) is 5.10 Å². The van der Waals surface area contributed by atoms with Crippen LogP contribution < -0.4 is 4.74 Å². The van der Waals surface area contributed by atoms with Crippen LogP contribution in [-0.2, 0) is 13.2 Å². The van der Waals surface area contributed by atoms with Gasteiger partial charge in [0.2, 0.25) is 0 Å². The Morgan fingerprint density at radius 2 is 2.37 bits per heavy atom. The lowest BCUT2D eigenvalue weighted by atomic mass is 10.2. The first kappa shape index (κ1) is 12.9. The molecule has 0 saturated heterocycles. The molecule has 2 aromatic rings. The molecule has 0 bridgehead atoms. The van der Waals surface area contributed by atoms with Crippen molar-refractivity contribution in [3.05, 3.63) is 29.8 Å². The highest BCUT2D eigenvalue weighted by Gasteiger charge is 2.12. The van der Waals surface area contributed by atoms with Crippen molar-refractivity contribution in [2.24, 2.45) is 0 Å². The van der Waals surface area contributed by atoms with Crippen LogP contribution in [0.4, 0.5) is 0 Å². The summed E-state index contributed by atoms with van der Waals surface area (Å²) in [6.45, 7) is 2.79. The molecule has 0 radical (unpaired) electrons. The van der Waals surface area contributed by atoms with Gasteiger partial charge in [-0.3, -0.25) is 4.98 Å². The van der Waals surface area contributed by atoms with E-state index in [1.807, 2.05) is 6.92 Å². The van der Waals surface area contributed by atoms with Gasteiger partial charge < -0.3 is 9.84 Å². The Balaban J connectivity index is 2.10. The molecule has 1 N–H and O–H groups in total. The lowest BCUT2D eigenvalue weighted by Gasteiger charge is -2.08. The summed E-state index contributed by atoms with van der Waals surface area (Å²) in [5, 5.41) is 20.2. The van der Waals surface area contributed by atoms with E-state index in [4.69, 9.17) is 9.84 Å². The van der Waals surface area contributed by atoms with E-state index in [0.717, 1.165) is 6.42 Å². The molecule has 8 nitrogen and oxygen atoms in total. The first-order chi connectivity index (χ1) is 9.22. The summed E-state index contributed by atoms with van der Waals surface area (Å²) in [7, 11) is 0. The largest absolute Gasteiger partial charge is 0.483 e. The number of hydrogen-bond donors (Lipinski definition) is 1. The van der Waals surface area contributed by atoms with Gasteiger partial charge in [0, 0.05) is 12.7 Å². The number of pyridine rings is 1. The predicted octanol–water partition coefficient (Wildman–Crippen LogP) is 0.755. The summed E-state index contributed by atoms with van der Waals surface area (Å²) in [5.74, 6) is -0.325. The van der Waals surface area contributed by atoms with Crippen molar-refractivity contribution >= 4 is 5.97 Å². The summed E-state index contributed by atoms with van der Waals surface area (Å²) in [4.78, 5) is 14.8. The van der Waals surface area contributed by atoms with E-state index in [-0.39, 0.29) is 17.9 Å². The minimum absolute atomic E-state index is 0.0597. The third kappa shape index (κ3) is 3.03. The zero-order valence-corrected chi connectivity index (χ0v) is 10.4. The van der Waals surface area contributed by atoms with Gasteiger partial charge >= 0.3 is 5.97 Å². The number of ether oxygens (including phenoxy) is 1. The number of carboxylic acid groups (broad SMARTS) is 1. The normalized spacial score (nSPS) is 10.4. The maximum Gasteiger partial charge on any atom is 0.339 e. The van der Waals surface area contributed by atoms with Crippen molar-refractivity contribution in [3.8, 4) is 5.75 Å². The lowest BCUT2D eigenvalue weighted by Crippen LogP contribution is -2.10. The topological polar surface area (TPSA) is 103 Å². The van der Waals surface area contributed by atoms with Crippen molar-refractivity contribution in [1.29, 1.82) is 0 Å². The molecule has 0 aliphatic rings. The molecule has 2 aromatic heterocycles. The van der Waals surface area contributed by atoms with Gasteiger partial charge in [0.15, 0.2) is 11.6 Å². The molecule has 19 heavy (non-hydrogen) atoms. The van der Waals surface area contributed by atoms with Crippen LogP contribution in [0.1, 0.15) is 29.5 Å². The van der Waals surface area contributed by atoms with Crippen LogP contribution >= 0.6 is 0 Å². The number of rotatable bonds is 6. The SMILES string of the molecule is CCCn1nnnc1COc1cnccc1C(=O)O. The number of tetrazole rings is 1. The first-order valence-corrected chi connectivity index (χ1v) is 5.77. The van der Waals surface area contributed by atoms with Crippen molar-refractivity contribution in [2.45, 2.75) is 26.5 Å². The number of nitrogens with zero attached hydrogens (tertiary/aromatic N) is 5. The Labute approximate surface area is 109 Å². The van der Waals surface area contributed by atoms with Crippen LogP contribution in [0.5, 0.6) is 5.75 Å². The fourth-order valence-corrected chi connectivity index (χ4v) is 1.53. The standard InChI is InChI=1S/C11H13N5O3/c1-2-5-16-10(13-14-15-16)7-19-9-6-12-4-3-8(9)11(17)18/h3-4,6H,2,5,7H2,1H3,(H,17,18). The molecule has 8 heteroatoms. The molecule has 0 aliphatic carbocycles. The quantitative estimate of drug-likeness (QED) is 0.820. The maximum atomic E-state index is 11.0. The highest BCUT2D eigenvalue weighted by atomic mass is 16.5. The molecule has 0 saturated carbocycles. The van der Waals surface area contributed by atoms with E-state index in [1.165, 1.54) is 18.5 Å². The van der Waals surface area contributed by atoms with E-state index in [2.05, 4.69) is 20.5 Å². The Morgan fingerprint density at radius 3 is 3.11 bits per heavy atom. The molecule has 2 rings (SSSR count). The summed E-state index contributed by atoms with van der Waals surface area (Å²) >= 11 is 0. The maximum absolute atomic E-state index is 11.0. The molecular weight excluding hydrogens is 250 g/mol. The highest BCUT2D eigenvalue weighted by molar-refractivity contribution is 5.90. The van der Waals surface area contributed by atoms with Gasteiger partial charge in [0.25, 0.3) is 0 Å². The number of hydrogen-bond acceptors (Lipinski definition) is 6. The zero-order chi connectivity index (χ0) is 13.7. The van der Waals surface area contributed by atoms with Crippen LogP contribution in [0.15, 0.2) is 18.5 Å². The average Bonchev–Trinajstić information content (AvgIpc) is 2.84. The fraction of sp³-hybridized carbons (Fsp3) is 0.364. The molecule has 0 unspecified atom stereocenters. The number of aromatic carboxylic acids is 1. The van der Waals surface area contributed by atoms with Gasteiger partial charge in [-0.2, -0.15) is 0 Å². The molecule has 0 aliphatic heterocycles. The minimum atomic E-state index is -1.06. The molecule has 0 amide bonds. The molecule has 100 valence electrons. The van der Waals surface area contributed by atoms with Gasteiger partial charge in [0.05, 0.1) is 6.20 Å². The van der Waals surface area contributed by atoms with E-state index < -0.39 is 5.97 Å². The Kier molecular flexibility index (Phi) is 4.01. The number of carbonyl (C=O) groups is 1. The number of aromatic nitrogens is 5. The average molecular weight is 263 g/mol. The predicted molar refractivity (Wildman–Crippen MR) is 63.6 cm³/mol. The van der Waals surface area contributed by atoms with Crippen molar-refractivity contribution in [3.63, 3.8) is 0 Å². The fourth-order valence-electron chi connectivity index (χ4n) is 1.53. The third-order valence-corrected chi connectivity index (χ3v) is 2.41. The Bertz CT molecular complexity index is 569. The molecule has 0 spiro atoms. The highest BCUT2D eigenvalue weighted by Crippen LogP contribution is 2.17.